The number of hydrogen-bond donors (Lipinski definition) is 1. The fraction of sp³-hybridized carbons (Fsp3) is 0.632. The molecule has 1 atom stereocenters. The highest BCUT2D eigenvalue weighted by Gasteiger charge is 2.24. The van der Waals surface area contributed by atoms with Gasteiger partial charge >= 0.3 is 0 Å². The number of carbonyl (C=O) groups is 1. The fourth-order valence-corrected chi connectivity index (χ4v) is 2.75. The van der Waals surface area contributed by atoms with Crippen molar-refractivity contribution in [2.45, 2.75) is 67.5 Å². The van der Waals surface area contributed by atoms with Gasteiger partial charge in [0.05, 0.1) is 0 Å². The minimum absolute atomic E-state index is 0.0500. The molecule has 1 aromatic rings. The Morgan fingerprint density at radius 3 is 2.05 bits per heavy atom. The minimum atomic E-state index is -0.500. The number of benzene rings is 1. The van der Waals surface area contributed by atoms with Crippen LogP contribution in [-0.2, 0) is 4.79 Å². The number of rotatable bonds is 6. The average molecular weight is 305 g/mol. The molecule has 0 aliphatic rings. The number of ether oxygens (including phenoxy) is 1. The second kappa shape index (κ2) is 7.66. The molecule has 0 heterocycles. The van der Waals surface area contributed by atoms with Crippen LogP contribution in [0.1, 0.15) is 51.3 Å². The zero-order valence-electron chi connectivity index (χ0n) is 15.3. The van der Waals surface area contributed by atoms with Crippen LogP contribution in [0, 0.1) is 32.6 Å². The maximum Gasteiger partial charge on any atom is 0.261 e. The quantitative estimate of drug-likeness (QED) is 0.856. The molecule has 3 nitrogen and oxygen atoms in total. The van der Waals surface area contributed by atoms with Crippen LogP contribution in [0.15, 0.2) is 12.1 Å². The molecule has 3 heteroatoms. The van der Waals surface area contributed by atoms with Gasteiger partial charge in [-0.15, -0.1) is 0 Å². The van der Waals surface area contributed by atoms with Crippen LogP contribution in [0.5, 0.6) is 5.75 Å². The summed E-state index contributed by atoms with van der Waals surface area (Å²) in [6.07, 6.45) is -0.500. The maximum absolute atomic E-state index is 12.4. The molecule has 1 rings (SSSR count). The van der Waals surface area contributed by atoms with Crippen LogP contribution in [0.3, 0.4) is 0 Å². The van der Waals surface area contributed by atoms with Crippen molar-refractivity contribution in [1.82, 2.24) is 5.32 Å². The lowest BCUT2D eigenvalue weighted by Crippen LogP contribution is -2.47. The highest BCUT2D eigenvalue weighted by Crippen LogP contribution is 2.24. The molecule has 1 aromatic carbocycles. The molecule has 0 fully saturated rings. The van der Waals surface area contributed by atoms with Crippen molar-refractivity contribution in [2.75, 3.05) is 0 Å². The van der Waals surface area contributed by atoms with E-state index in [0.29, 0.717) is 11.8 Å². The van der Waals surface area contributed by atoms with Gasteiger partial charge in [0.15, 0.2) is 6.10 Å². The van der Waals surface area contributed by atoms with Crippen LogP contribution in [-0.4, -0.2) is 18.1 Å². The molecule has 0 spiro atoms. The van der Waals surface area contributed by atoms with Crippen LogP contribution in [0.4, 0.5) is 0 Å². The molecule has 1 amide bonds. The van der Waals surface area contributed by atoms with Crippen molar-refractivity contribution in [2.24, 2.45) is 11.8 Å². The molecule has 124 valence electrons. The monoisotopic (exact) mass is 305 g/mol. The van der Waals surface area contributed by atoms with E-state index in [2.05, 4.69) is 46.0 Å². The molecule has 0 aliphatic carbocycles. The first-order chi connectivity index (χ1) is 10.1. The van der Waals surface area contributed by atoms with E-state index in [9.17, 15) is 4.79 Å². The van der Waals surface area contributed by atoms with Gasteiger partial charge < -0.3 is 10.1 Å². The second-order valence-corrected chi connectivity index (χ2v) is 6.99. The summed E-state index contributed by atoms with van der Waals surface area (Å²) in [7, 11) is 0. The third-order valence-corrected chi connectivity index (χ3v) is 4.18. The van der Waals surface area contributed by atoms with E-state index < -0.39 is 6.10 Å². The molecule has 22 heavy (non-hydrogen) atoms. The third kappa shape index (κ3) is 4.75. The van der Waals surface area contributed by atoms with Crippen LogP contribution < -0.4 is 10.1 Å². The molecule has 0 saturated carbocycles. The predicted octanol–water partition coefficient (Wildman–Crippen LogP) is 4.18. The van der Waals surface area contributed by atoms with Gasteiger partial charge in [-0.25, -0.2) is 0 Å². The average Bonchev–Trinajstić information content (AvgIpc) is 2.40. The summed E-state index contributed by atoms with van der Waals surface area (Å²) < 4.78 is 5.92. The van der Waals surface area contributed by atoms with E-state index in [1.807, 2.05) is 26.8 Å². The Labute approximate surface area is 135 Å². The first-order valence-electron chi connectivity index (χ1n) is 8.18. The van der Waals surface area contributed by atoms with Gasteiger partial charge in [0.25, 0.3) is 5.91 Å². The summed E-state index contributed by atoms with van der Waals surface area (Å²) in [5.41, 5.74) is 3.42. The number of aryl methyl sites for hydroxylation is 2. The summed E-state index contributed by atoms with van der Waals surface area (Å²) in [4.78, 5) is 12.4. The van der Waals surface area contributed by atoms with E-state index in [0.717, 1.165) is 16.9 Å². The summed E-state index contributed by atoms with van der Waals surface area (Å²) in [6, 6.07) is 4.29. The summed E-state index contributed by atoms with van der Waals surface area (Å²) >= 11 is 0. The van der Waals surface area contributed by atoms with Gasteiger partial charge in [0.2, 0.25) is 0 Å². The molecule has 0 bridgehead atoms. The summed E-state index contributed by atoms with van der Waals surface area (Å²) in [6.45, 7) is 16.5. The lowest BCUT2D eigenvalue weighted by molar-refractivity contribution is -0.128. The highest BCUT2D eigenvalue weighted by molar-refractivity contribution is 5.81. The number of nitrogens with one attached hydrogen (secondary N) is 1. The summed E-state index contributed by atoms with van der Waals surface area (Å²) in [5.74, 6) is 1.55. The van der Waals surface area contributed by atoms with E-state index in [1.165, 1.54) is 5.56 Å². The van der Waals surface area contributed by atoms with Crippen LogP contribution in [0.2, 0.25) is 0 Å². The molecular formula is C19H31NO2. The Kier molecular flexibility index (Phi) is 6.46. The first kappa shape index (κ1) is 18.5. The molecule has 0 aliphatic heterocycles. The topological polar surface area (TPSA) is 38.3 Å². The van der Waals surface area contributed by atoms with Gasteiger partial charge in [-0.2, -0.15) is 0 Å². The van der Waals surface area contributed by atoms with Crippen molar-refractivity contribution in [3.05, 3.63) is 28.8 Å². The number of hydrogen-bond acceptors (Lipinski definition) is 2. The van der Waals surface area contributed by atoms with Crippen molar-refractivity contribution < 1.29 is 9.53 Å². The molecule has 0 radical (unpaired) electrons. The minimum Gasteiger partial charge on any atom is -0.481 e. The maximum atomic E-state index is 12.4. The molecular weight excluding hydrogens is 274 g/mol. The van der Waals surface area contributed by atoms with Gasteiger partial charge in [-0.3, -0.25) is 4.79 Å². The first-order valence-corrected chi connectivity index (χ1v) is 8.18. The van der Waals surface area contributed by atoms with E-state index in [4.69, 9.17) is 4.74 Å². The zero-order chi connectivity index (χ0) is 17.0. The standard InChI is InChI=1S/C19H31NO2/c1-11(2)18(12(3)4)20-19(21)16(8)22-17-10-13(5)9-14(6)15(17)7/h9-12,16,18H,1-8H3,(H,20,21). The molecule has 1 unspecified atom stereocenters. The SMILES string of the molecule is Cc1cc(C)c(C)c(OC(C)C(=O)NC(C(C)C)C(C)C)c1. The fourth-order valence-electron chi connectivity index (χ4n) is 2.75. The van der Waals surface area contributed by atoms with E-state index in [-0.39, 0.29) is 11.9 Å². The molecule has 0 saturated heterocycles. The lowest BCUT2D eigenvalue weighted by Gasteiger charge is -2.28. The van der Waals surface area contributed by atoms with Crippen molar-refractivity contribution in [3.63, 3.8) is 0 Å². The van der Waals surface area contributed by atoms with E-state index >= 15 is 0 Å². The molecule has 1 N–H and O–H groups in total. The second-order valence-electron chi connectivity index (χ2n) is 6.99. The normalized spacial score (nSPS) is 12.9. The van der Waals surface area contributed by atoms with Gasteiger partial charge in [0.1, 0.15) is 5.75 Å². The number of amides is 1. The summed E-state index contributed by atoms with van der Waals surface area (Å²) in [5, 5.41) is 3.12. The van der Waals surface area contributed by atoms with Crippen molar-refractivity contribution in [3.8, 4) is 5.75 Å². The number of carbonyl (C=O) groups excluding carboxylic acids is 1. The smallest absolute Gasteiger partial charge is 0.261 e. The largest absolute Gasteiger partial charge is 0.481 e. The van der Waals surface area contributed by atoms with Crippen LogP contribution in [0.25, 0.3) is 0 Å². The Morgan fingerprint density at radius 1 is 1.00 bits per heavy atom. The Balaban J connectivity index is 2.80. The van der Waals surface area contributed by atoms with Crippen molar-refractivity contribution >= 4 is 5.91 Å². The van der Waals surface area contributed by atoms with Crippen LogP contribution >= 0.6 is 0 Å². The predicted molar refractivity (Wildman–Crippen MR) is 92.3 cm³/mol. The van der Waals surface area contributed by atoms with E-state index in [1.54, 1.807) is 0 Å². The highest BCUT2D eigenvalue weighted by atomic mass is 16.5. The third-order valence-electron chi connectivity index (χ3n) is 4.18. The zero-order valence-corrected chi connectivity index (χ0v) is 15.3. The van der Waals surface area contributed by atoms with Gasteiger partial charge in [-0.1, -0.05) is 33.8 Å². The van der Waals surface area contributed by atoms with Gasteiger partial charge in [-0.05, 0) is 62.3 Å². The lowest BCUT2D eigenvalue weighted by atomic mass is 9.93. The Bertz CT molecular complexity index is 512. The van der Waals surface area contributed by atoms with Crippen molar-refractivity contribution in [1.29, 1.82) is 0 Å². The molecule has 0 aromatic heterocycles. The van der Waals surface area contributed by atoms with Gasteiger partial charge in [0, 0.05) is 6.04 Å². The Hall–Kier alpha value is -1.51. The Morgan fingerprint density at radius 2 is 1.55 bits per heavy atom.